The van der Waals surface area contributed by atoms with Gasteiger partial charge in [-0.25, -0.2) is 9.97 Å². The van der Waals surface area contributed by atoms with E-state index in [2.05, 4.69) is 22.2 Å². The third-order valence-electron chi connectivity index (χ3n) is 2.08. The molecule has 1 rings (SSSR count). The minimum absolute atomic E-state index is 0.0248. The largest absolute Gasteiger partial charge is 0.371 e. The molecule has 1 N–H and O–H groups in total. The molecule has 4 nitrogen and oxygen atoms in total. The first-order chi connectivity index (χ1) is 7.27. The van der Waals surface area contributed by atoms with E-state index < -0.39 is 0 Å². The van der Waals surface area contributed by atoms with Crippen molar-refractivity contribution in [1.29, 1.82) is 0 Å². The standard InChI is InChI=1S/C11H19N3O/c1-4-12-6-10-7-13-11(14-8-10)9(3)15-5-2/h7-9,12H,4-6H2,1-3H3. The van der Waals surface area contributed by atoms with Gasteiger partial charge in [-0.15, -0.1) is 0 Å². The SMILES string of the molecule is CCNCc1cnc(C(C)OCC)nc1. The summed E-state index contributed by atoms with van der Waals surface area (Å²) in [6.07, 6.45) is 3.67. The third-order valence-corrected chi connectivity index (χ3v) is 2.08. The van der Waals surface area contributed by atoms with Gasteiger partial charge in [-0.1, -0.05) is 6.92 Å². The van der Waals surface area contributed by atoms with Gasteiger partial charge >= 0.3 is 0 Å². The highest BCUT2D eigenvalue weighted by Gasteiger charge is 2.07. The molecule has 1 aromatic rings. The molecule has 0 saturated carbocycles. The van der Waals surface area contributed by atoms with Crippen LogP contribution in [0.15, 0.2) is 12.4 Å². The van der Waals surface area contributed by atoms with Crippen LogP contribution in [0.25, 0.3) is 0 Å². The Morgan fingerprint density at radius 1 is 1.33 bits per heavy atom. The van der Waals surface area contributed by atoms with Gasteiger partial charge < -0.3 is 10.1 Å². The van der Waals surface area contributed by atoms with Crippen LogP contribution in [0.2, 0.25) is 0 Å². The van der Waals surface area contributed by atoms with Crippen molar-refractivity contribution in [2.75, 3.05) is 13.2 Å². The minimum atomic E-state index is -0.0248. The maximum Gasteiger partial charge on any atom is 0.156 e. The van der Waals surface area contributed by atoms with Crippen LogP contribution in [0.3, 0.4) is 0 Å². The van der Waals surface area contributed by atoms with Crippen LogP contribution in [0, 0.1) is 0 Å². The second-order valence-electron chi connectivity index (χ2n) is 3.33. The fraction of sp³-hybridized carbons (Fsp3) is 0.636. The molecule has 0 aliphatic rings. The number of rotatable bonds is 6. The van der Waals surface area contributed by atoms with E-state index >= 15 is 0 Å². The van der Waals surface area contributed by atoms with Crippen molar-refractivity contribution in [1.82, 2.24) is 15.3 Å². The lowest BCUT2D eigenvalue weighted by Gasteiger charge is -2.10. The van der Waals surface area contributed by atoms with Crippen LogP contribution >= 0.6 is 0 Å². The molecule has 1 unspecified atom stereocenters. The van der Waals surface area contributed by atoms with Gasteiger partial charge in [0.05, 0.1) is 0 Å². The van der Waals surface area contributed by atoms with Crippen molar-refractivity contribution in [2.45, 2.75) is 33.4 Å². The molecule has 0 radical (unpaired) electrons. The second kappa shape index (κ2) is 6.48. The summed E-state index contributed by atoms with van der Waals surface area (Å²) in [5.41, 5.74) is 1.10. The van der Waals surface area contributed by atoms with E-state index in [4.69, 9.17) is 4.74 Å². The average Bonchev–Trinajstić information content (AvgIpc) is 2.27. The molecule has 4 heteroatoms. The number of nitrogens with one attached hydrogen (secondary N) is 1. The van der Waals surface area contributed by atoms with Crippen molar-refractivity contribution < 1.29 is 4.74 Å². The summed E-state index contributed by atoms with van der Waals surface area (Å²) in [5, 5.41) is 3.23. The molecule has 0 amide bonds. The van der Waals surface area contributed by atoms with Crippen molar-refractivity contribution in [2.24, 2.45) is 0 Å². The molecule has 84 valence electrons. The third kappa shape index (κ3) is 3.93. The van der Waals surface area contributed by atoms with Gasteiger partial charge in [-0.3, -0.25) is 0 Å². The molecule has 0 saturated heterocycles. The van der Waals surface area contributed by atoms with Crippen LogP contribution in [0.5, 0.6) is 0 Å². The highest BCUT2D eigenvalue weighted by atomic mass is 16.5. The molecule has 1 heterocycles. The number of hydrogen-bond acceptors (Lipinski definition) is 4. The van der Waals surface area contributed by atoms with E-state index in [0.717, 1.165) is 24.5 Å². The van der Waals surface area contributed by atoms with Gasteiger partial charge in [0.2, 0.25) is 0 Å². The van der Waals surface area contributed by atoms with Gasteiger partial charge in [0.1, 0.15) is 6.10 Å². The Balaban J connectivity index is 2.55. The van der Waals surface area contributed by atoms with Gasteiger partial charge in [-0.2, -0.15) is 0 Å². The monoisotopic (exact) mass is 209 g/mol. The zero-order valence-corrected chi connectivity index (χ0v) is 9.66. The van der Waals surface area contributed by atoms with Gasteiger partial charge in [-0.05, 0) is 20.4 Å². The molecule has 0 bridgehead atoms. The van der Waals surface area contributed by atoms with E-state index in [1.807, 2.05) is 26.2 Å². The summed E-state index contributed by atoms with van der Waals surface area (Å²) in [6.45, 7) is 8.46. The first-order valence-electron chi connectivity index (χ1n) is 5.41. The molecular formula is C11H19N3O. The van der Waals surface area contributed by atoms with Crippen LogP contribution in [-0.2, 0) is 11.3 Å². The van der Waals surface area contributed by atoms with Crippen LogP contribution < -0.4 is 5.32 Å². The van der Waals surface area contributed by atoms with Crippen molar-refractivity contribution >= 4 is 0 Å². The summed E-state index contributed by atoms with van der Waals surface area (Å²) >= 11 is 0. The zero-order chi connectivity index (χ0) is 11.1. The zero-order valence-electron chi connectivity index (χ0n) is 9.66. The molecule has 0 fully saturated rings. The average molecular weight is 209 g/mol. The van der Waals surface area contributed by atoms with Crippen LogP contribution in [0.4, 0.5) is 0 Å². The summed E-state index contributed by atoms with van der Waals surface area (Å²) in [4.78, 5) is 8.55. The lowest BCUT2D eigenvalue weighted by molar-refractivity contribution is 0.0700. The summed E-state index contributed by atoms with van der Waals surface area (Å²) in [7, 11) is 0. The molecule has 0 spiro atoms. The first kappa shape index (κ1) is 12.1. The quantitative estimate of drug-likeness (QED) is 0.774. The van der Waals surface area contributed by atoms with Crippen LogP contribution in [-0.4, -0.2) is 23.1 Å². The number of ether oxygens (including phenoxy) is 1. The summed E-state index contributed by atoms with van der Waals surface area (Å²) in [5.74, 6) is 0.747. The summed E-state index contributed by atoms with van der Waals surface area (Å²) in [6, 6.07) is 0. The predicted octanol–water partition coefficient (Wildman–Crippen LogP) is 1.68. The number of aromatic nitrogens is 2. The van der Waals surface area contributed by atoms with E-state index in [-0.39, 0.29) is 6.10 Å². The van der Waals surface area contributed by atoms with E-state index in [9.17, 15) is 0 Å². The Labute approximate surface area is 91.1 Å². The molecular weight excluding hydrogens is 190 g/mol. The second-order valence-corrected chi connectivity index (χ2v) is 3.33. The van der Waals surface area contributed by atoms with E-state index in [0.29, 0.717) is 6.61 Å². The molecule has 0 aliphatic carbocycles. The minimum Gasteiger partial charge on any atom is -0.371 e. The number of nitrogens with zero attached hydrogens (tertiary/aromatic N) is 2. The fourth-order valence-electron chi connectivity index (χ4n) is 1.26. The molecule has 0 aromatic carbocycles. The molecule has 1 aromatic heterocycles. The Morgan fingerprint density at radius 2 is 2.00 bits per heavy atom. The van der Waals surface area contributed by atoms with Gasteiger partial charge in [0.25, 0.3) is 0 Å². The van der Waals surface area contributed by atoms with E-state index in [1.165, 1.54) is 0 Å². The normalized spacial score (nSPS) is 12.7. The fourth-order valence-corrected chi connectivity index (χ4v) is 1.26. The Morgan fingerprint density at radius 3 is 2.53 bits per heavy atom. The Bertz CT molecular complexity index is 274. The maximum absolute atomic E-state index is 5.41. The highest BCUT2D eigenvalue weighted by Crippen LogP contribution is 2.10. The molecule has 15 heavy (non-hydrogen) atoms. The Kier molecular flexibility index (Phi) is 5.21. The van der Waals surface area contributed by atoms with Gasteiger partial charge in [0.15, 0.2) is 5.82 Å². The van der Waals surface area contributed by atoms with Gasteiger partial charge in [0, 0.05) is 31.1 Å². The Hall–Kier alpha value is -1.00. The predicted molar refractivity (Wildman–Crippen MR) is 59.5 cm³/mol. The van der Waals surface area contributed by atoms with Crippen molar-refractivity contribution in [3.05, 3.63) is 23.8 Å². The lowest BCUT2D eigenvalue weighted by Crippen LogP contribution is -2.13. The lowest BCUT2D eigenvalue weighted by atomic mass is 10.3. The smallest absolute Gasteiger partial charge is 0.156 e. The van der Waals surface area contributed by atoms with Crippen molar-refractivity contribution in [3.63, 3.8) is 0 Å². The highest BCUT2D eigenvalue weighted by molar-refractivity contribution is 5.05. The molecule has 1 atom stereocenters. The van der Waals surface area contributed by atoms with Crippen molar-refractivity contribution in [3.8, 4) is 0 Å². The number of hydrogen-bond donors (Lipinski definition) is 1. The first-order valence-corrected chi connectivity index (χ1v) is 5.41. The van der Waals surface area contributed by atoms with Crippen LogP contribution in [0.1, 0.15) is 38.3 Å². The molecule has 0 aliphatic heterocycles. The van der Waals surface area contributed by atoms with E-state index in [1.54, 1.807) is 0 Å². The topological polar surface area (TPSA) is 47.0 Å². The maximum atomic E-state index is 5.41. The summed E-state index contributed by atoms with van der Waals surface area (Å²) < 4.78 is 5.41.